The van der Waals surface area contributed by atoms with Crippen LogP contribution in [0.25, 0.3) is 5.76 Å². The van der Waals surface area contributed by atoms with Gasteiger partial charge in [0.15, 0.2) is 5.76 Å². The second-order valence-electron chi connectivity index (χ2n) is 1.72. The van der Waals surface area contributed by atoms with Crippen LogP contribution in [0.4, 0.5) is 4.53 Å². The van der Waals surface area contributed by atoms with E-state index in [2.05, 4.69) is 16.5 Å². The van der Waals surface area contributed by atoms with Gasteiger partial charge >= 0.3 is 0 Å². The molecule has 0 aliphatic rings. The predicted molar refractivity (Wildman–Crippen MR) is 35.5 cm³/mol. The average molecular weight is 139 g/mol. The van der Waals surface area contributed by atoms with Crippen LogP contribution in [0.2, 0.25) is 0 Å². The highest BCUT2D eigenvalue weighted by Crippen LogP contribution is 2.08. The number of pyridine rings is 1. The monoisotopic (exact) mass is 139 g/mol. The maximum absolute atomic E-state index is 11.4. The van der Waals surface area contributed by atoms with Gasteiger partial charge < -0.3 is 0 Å². The van der Waals surface area contributed by atoms with Gasteiger partial charge in [0.2, 0.25) is 0 Å². The van der Waals surface area contributed by atoms with Crippen molar-refractivity contribution in [2.45, 2.75) is 0 Å². The maximum Gasteiger partial charge on any atom is 0.190 e. The molecular weight excluding hydrogens is 133 g/mol. The summed E-state index contributed by atoms with van der Waals surface area (Å²) in [6.45, 7) is 3.28. The van der Waals surface area contributed by atoms with E-state index in [1.54, 1.807) is 24.4 Å². The molecule has 0 saturated carbocycles. The molecule has 0 aliphatic carbocycles. The lowest BCUT2D eigenvalue weighted by Crippen LogP contribution is -1.85. The van der Waals surface area contributed by atoms with Crippen molar-refractivity contribution in [1.29, 1.82) is 0 Å². The van der Waals surface area contributed by atoms with Crippen molar-refractivity contribution in [3.8, 4) is 0 Å². The van der Waals surface area contributed by atoms with E-state index in [-0.39, 0.29) is 5.76 Å². The zero-order valence-electron chi connectivity index (χ0n) is 5.25. The Balaban J connectivity index is 2.85. The SMILES string of the molecule is C=C(OF)c1ccccn1. The van der Waals surface area contributed by atoms with E-state index >= 15 is 0 Å². The summed E-state index contributed by atoms with van der Waals surface area (Å²) in [5.41, 5.74) is 0.407. The molecule has 2 nitrogen and oxygen atoms in total. The van der Waals surface area contributed by atoms with E-state index in [1.807, 2.05) is 0 Å². The van der Waals surface area contributed by atoms with Crippen LogP contribution in [0, 0.1) is 0 Å². The molecule has 1 rings (SSSR count). The highest BCUT2D eigenvalue weighted by Gasteiger charge is 1.98. The molecule has 1 aromatic heterocycles. The van der Waals surface area contributed by atoms with Gasteiger partial charge in [0, 0.05) is 10.7 Å². The minimum atomic E-state index is -0.0689. The van der Waals surface area contributed by atoms with Crippen LogP contribution in [0.5, 0.6) is 0 Å². The summed E-state index contributed by atoms with van der Waals surface area (Å²) in [6.07, 6.45) is 1.54. The van der Waals surface area contributed by atoms with Crippen molar-refractivity contribution < 1.29 is 9.47 Å². The summed E-state index contributed by atoms with van der Waals surface area (Å²) < 4.78 is 11.4. The molecule has 52 valence electrons. The topological polar surface area (TPSA) is 22.1 Å². The predicted octanol–water partition coefficient (Wildman–Crippen LogP) is 1.95. The molecule has 0 atom stereocenters. The molecule has 3 heteroatoms. The van der Waals surface area contributed by atoms with E-state index in [9.17, 15) is 4.53 Å². The van der Waals surface area contributed by atoms with Gasteiger partial charge in [-0.15, -0.1) is 0 Å². The Kier molecular flexibility index (Phi) is 1.99. The quantitative estimate of drug-likeness (QED) is 0.584. The fourth-order valence-corrected chi connectivity index (χ4v) is 0.567. The van der Waals surface area contributed by atoms with Crippen LogP contribution in [0.15, 0.2) is 31.0 Å². The molecule has 0 bridgehead atoms. The molecule has 0 N–H and O–H groups in total. The van der Waals surface area contributed by atoms with Gasteiger partial charge in [-0.25, -0.2) is 0 Å². The fraction of sp³-hybridized carbons (Fsp3) is 0. The smallest absolute Gasteiger partial charge is 0.190 e. The third-order valence-corrected chi connectivity index (χ3v) is 1.04. The van der Waals surface area contributed by atoms with E-state index in [0.717, 1.165) is 0 Å². The maximum atomic E-state index is 11.4. The summed E-state index contributed by atoms with van der Waals surface area (Å²) >= 11 is 0. The number of hydrogen-bond donors (Lipinski definition) is 0. The normalized spacial score (nSPS) is 8.90. The Bertz CT molecular complexity index is 222. The first-order valence-electron chi connectivity index (χ1n) is 2.73. The molecular formula is C7H6FNO. The van der Waals surface area contributed by atoms with Crippen molar-refractivity contribution >= 4 is 5.76 Å². The van der Waals surface area contributed by atoms with Crippen LogP contribution in [0.1, 0.15) is 5.69 Å². The fourth-order valence-electron chi connectivity index (χ4n) is 0.567. The van der Waals surface area contributed by atoms with Crippen LogP contribution in [-0.2, 0) is 4.94 Å². The van der Waals surface area contributed by atoms with Crippen molar-refractivity contribution in [1.82, 2.24) is 4.98 Å². The van der Waals surface area contributed by atoms with Gasteiger partial charge in [-0.3, -0.25) is 9.93 Å². The lowest BCUT2D eigenvalue weighted by Gasteiger charge is -1.95. The van der Waals surface area contributed by atoms with Crippen molar-refractivity contribution in [2.24, 2.45) is 0 Å². The number of halogens is 1. The van der Waals surface area contributed by atoms with Crippen molar-refractivity contribution in [3.63, 3.8) is 0 Å². The molecule has 1 heterocycles. The number of hydrogen-bond acceptors (Lipinski definition) is 2. The van der Waals surface area contributed by atoms with Gasteiger partial charge in [0.1, 0.15) is 5.69 Å². The summed E-state index contributed by atoms with van der Waals surface area (Å²) in [5, 5.41) is 0. The van der Waals surface area contributed by atoms with Gasteiger partial charge in [-0.1, -0.05) is 6.07 Å². The molecule has 0 aliphatic heterocycles. The molecule has 0 fully saturated rings. The highest BCUT2D eigenvalue weighted by atomic mass is 19.3. The van der Waals surface area contributed by atoms with Gasteiger partial charge in [-0.05, 0) is 18.7 Å². The summed E-state index contributed by atoms with van der Waals surface area (Å²) in [4.78, 5) is 7.16. The Morgan fingerprint density at radius 1 is 1.60 bits per heavy atom. The molecule has 0 radical (unpaired) electrons. The second-order valence-corrected chi connectivity index (χ2v) is 1.72. The van der Waals surface area contributed by atoms with Gasteiger partial charge in [0.05, 0.1) is 0 Å². The molecule has 0 amide bonds. The largest absolute Gasteiger partial charge is 0.293 e. The molecule has 10 heavy (non-hydrogen) atoms. The molecule has 0 aromatic carbocycles. The Morgan fingerprint density at radius 3 is 2.90 bits per heavy atom. The Labute approximate surface area is 57.9 Å². The standard InChI is InChI=1S/C7H6FNO/c1-6(10-8)7-4-2-3-5-9-7/h2-5H,1H2. The van der Waals surface area contributed by atoms with Crippen molar-refractivity contribution in [2.75, 3.05) is 0 Å². The zero-order chi connectivity index (χ0) is 7.40. The number of rotatable bonds is 2. The third-order valence-electron chi connectivity index (χ3n) is 1.04. The lowest BCUT2D eigenvalue weighted by molar-refractivity contribution is -0.0421. The summed E-state index contributed by atoms with van der Waals surface area (Å²) in [5.74, 6) is -0.0689. The van der Waals surface area contributed by atoms with E-state index < -0.39 is 0 Å². The highest BCUT2D eigenvalue weighted by molar-refractivity contribution is 5.52. The number of nitrogens with zero attached hydrogens (tertiary/aromatic N) is 1. The van der Waals surface area contributed by atoms with Crippen LogP contribution in [-0.4, -0.2) is 4.98 Å². The van der Waals surface area contributed by atoms with E-state index in [4.69, 9.17) is 0 Å². The van der Waals surface area contributed by atoms with E-state index in [0.29, 0.717) is 5.69 Å². The van der Waals surface area contributed by atoms with E-state index in [1.165, 1.54) is 0 Å². The first kappa shape index (κ1) is 6.74. The Morgan fingerprint density at radius 2 is 2.40 bits per heavy atom. The molecule has 0 spiro atoms. The second kappa shape index (κ2) is 2.96. The summed E-state index contributed by atoms with van der Waals surface area (Å²) in [6, 6.07) is 5.07. The van der Waals surface area contributed by atoms with Gasteiger partial charge in [0.25, 0.3) is 0 Å². The lowest BCUT2D eigenvalue weighted by atomic mass is 10.3. The number of aromatic nitrogens is 1. The third kappa shape index (κ3) is 1.31. The van der Waals surface area contributed by atoms with Crippen LogP contribution in [0.3, 0.4) is 0 Å². The minimum Gasteiger partial charge on any atom is -0.293 e. The first-order chi connectivity index (χ1) is 4.84. The van der Waals surface area contributed by atoms with Crippen molar-refractivity contribution in [3.05, 3.63) is 36.7 Å². The van der Waals surface area contributed by atoms with Crippen LogP contribution < -0.4 is 0 Å². The van der Waals surface area contributed by atoms with Crippen LogP contribution >= 0.6 is 0 Å². The molecule has 0 unspecified atom stereocenters. The minimum absolute atomic E-state index is 0.0689. The zero-order valence-corrected chi connectivity index (χ0v) is 5.25. The van der Waals surface area contributed by atoms with Gasteiger partial charge in [-0.2, -0.15) is 0 Å². The molecule has 0 saturated heterocycles. The molecule has 1 aromatic rings. The summed E-state index contributed by atoms with van der Waals surface area (Å²) in [7, 11) is 0. The Hall–Kier alpha value is -1.38. The first-order valence-corrected chi connectivity index (χ1v) is 2.73. The average Bonchev–Trinajstić information content (AvgIpc) is 2.05.